The molecule has 1 fully saturated rings. The molecule has 210 valence electrons. The first-order chi connectivity index (χ1) is 16.7. The van der Waals surface area contributed by atoms with E-state index in [0.717, 1.165) is 19.3 Å². The highest BCUT2D eigenvalue weighted by Gasteiger charge is 2.31. The predicted molar refractivity (Wildman–Crippen MR) is 144 cm³/mol. The molecular formula is C27H57NO6P+. The normalized spacial score (nSPS) is 20.7. The minimum Gasteiger partial charge on any atom is -0.375 e. The standard InChI is InChI=1S/C27H56NO6P/c1-5-6-7-8-9-10-11-12-13-14-15-16-17-18-22-31-26-20-19-23-32-27(26)25-34-35(29,30)33-24-21-28(2,3)4/h26-27H,5-25H2,1-4H3/p+1/t26-,27+/m1/s1. The second-order valence-electron chi connectivity index (χ2n) is 11.2. The van der Waals surface area contributed by atoms with Gasteiger partial charge < -0.3 is 18.9 Å². The predicted octanol–water partition coefficient (Wildman–Crippen LogP) is 6.87. The summed E-state index contributed by atoms with van der Waals surface area (Å²) in [6.07, 6.45) is 20.2. The Morgan fingerprint density at radius 1 is 0.829 bits per heavy atom. The van der Waals surface area contributed by atoms with Gasteiger partial charge >= 0.3 is 7.82 Å². The average molecular weight is 523 g/mol. The van der Waals surface area contributed by atoms with Crippen LogP contribution in [-0.4, -0.2) is 75.7 Å². The minimum atomic E-state index is -4.08. The van der Waals surface area contributed by atoms with Crippen LogP contribution in [0.5, 0.6) is 0 Å². The first-order valence-electron chi connectivity index (χ1n) is 14.4. The molecule has 0 aliphatic carbocycles. The minimum absolute atomic E-state index is 0.0154. The summed E-state index contributed by atoms with van der Waals surface area (Å²) in [4.78, 5) is 9.95. The van der Waals surface area contributed by atoms with Crippen molar-refractivity contribution in [3.63, 3.8) is 0 Å². The van der Waals surface area contributed by atoms with Crippen LogP contribution in [0, 0.1) is 0 Å². The third-order valence-corrected chi connectivity index (χ3v) is 7.61. The zero-order chi connectivity index (χ0) is 25.8. The number of unbranched alkanes of at least 4 members (excludes halogenated alkanes) is 13. The SMILES string of the molecule is CCCCCCCCCCCCCCCCO[C@@H]1CCCO[C@H]1COP(=O)(O)OCC[N+](C)(C)C. The van der Waals surface area contributed by atoms with E-state index in [1.807, 2.05) is 21.1 Å². The summed E-state index contributed by atoms with van der Waals surface area (Å²) in [5.41, 5.74) is 0. The Labute approximate surface area is 216 Å². The molecule has 0 saturated carbocycles. The summed E-state index contributed by atoms with van der Waals surface area (Å²) in [5.74, 6) is 0. The Morgan fingerprint density at radius 3 is 1.91 bits per heavy atom. The van der Waals surface area contributed by atoms with E-state index in [0.29, 0.717) is 24.2 Å². The number of hydrogen-bond acceptors (Lipinski definition) is 5. The number of ether oxygens (including phenoxy) is 2. The van der Waals surface area contributed by atoms with E-state index in [-0.39, 0.29) is 25.4 Å². The first-order valence-corrected chi connectivity index (χ1v) is 15.9. The van der Waals surface area contributed by atoms with Gasteiger partial charge in [-0.3, -0.25) is 9.05 Å². The molecule has 0 spiro atoms. The number of phosphoric ester groups is 1. The quantitative estimate of drug-likeness (QED) is 0.0896. The fourth-order valence-electron chi connectivity index (χ4n) is 4.32. The molecule has 1 saturated heterocycles. The Balaban J connectivity index is 2.04. The Kier molecular flexibility index (Phi) is 18.9. The van der Waals surface area contributed by atoms with Crippen LogP contribution in [0.1, 0.15) is 110 Å². The summed E-state index contributed by atoms with van der Waals surface area (Å²) in [7, 11) is 1.93. The molecule has 1 rings (SSSR count). The van der Waals surface area contributed by atoms with Gasteiger partial charge in [-0.15, -0.1) is 0 Å². The monoisotopic (exact) mass is 522 g/mol. The van der Waals surface area contributed by atoms with Gasteiger partial charge in [-0.2, -0.15) is 0 Å². The molecule has 0 radical (unpaired) electrons. The van der Waals surface area contributed by atoms with Crippen molar-refractivity contribution in [2.75, 3.05) is 54.1 Å². The van der Waals surface area contributed by atoms with Crippen molar-refractivity contribution in [3.05, 3.63) is 0 Å². The van der Waals surface area contributed by atoms with E-state index in [9.17, 15) is 9.46 Å². The maximum atomic E-state index is 12.2. The lowest BCUT2D eigenvalue weighted by atomic mass is 10.0. The molecule has 0 aromatic rings. The Bertz CT molecular complexity index is 542. The fourth-order valence-corrected chi connectivity index (χ4v) is 5.05. The Hall–Kier alpha value is -0.0100. The molecule has 8 heteroatoms. The van der Waals surface area contributed by atoms with E-state index in [1.165, 1.54) is 83.5 Å². The number of phosphoric acid groups is 1. The number of quaternary nitrogens is 1. The molecule has 1 aliphatic heterocycles. The van der Waals surface area contributed by atoms with E-state index in [2.05, 4.69) is 6.92 Å². The van der Waals surface area contributed by atoms with Crippen LogP contribution in [0.4, 0.5) is 0 Å². The molecule has 1 unspecified atom stereocenters. The van der Waals surface area contributed by atoms with Crippen LogP contribution >= 0.6 is 7.82 Å². The number of likely N-dealkylation sites (N-methyl/N-ethyl adjacent to an activating group) is 1. The molecule has 7 nitrogen and oxygen atoms in total. The van der Waals surface area contributed by atoms with Crippen molar-refractivity contribution in [3.8, 4) is 0 Å². The highest BCUT2D eigenvalue weighted by molar-refractivity contribution is 7.47. The lowest BCUT2D eigenvalue weighted by Crippen LogP contribution is -2.39. The van der Waals surface area contributed by atoms with Crippen molar-refractivity contribution in [1.29, 1.82) is 0 Å². The van der Waals surface area contributed by atoms with Gasteiger partial charge in [-0.1, -0.05) is 90.4 Å². The molecule has 3 atom stereocenters. The summed E-state index contributed by atoms with van der Waals surface area (Å²) in [6.45, 7) is 4.42. The molecular weight excluding hydrogens is 465 g/mol. The lowest BCUT2D eigenvalue weighted by Gasteiger charge is -2.32. The fraction of sp³-hybridized carbons (Fsp3) is 1.00. The van der Waals surface area contributed by atoms with E-state index in [1.54, 1.807) is 0 Å². The summed E-state index contributed by atoms with van der Waals surface area (Å²) in [5, 5.41) is 0. The van der Waals surface area contributed by atoms with Gasteiger partial charge in [0.2, 0.25) is 0 Å². The molecule has 0 aromatic heterocycles. The molecule has 1 N–H and O–H groups in total. The highest BCUT2D eigenvalue weighted by atomic mass is 31.2. The first kappa shape index (κ1) is 33.0. The molecule has 0 aromatic carbocycles. The zero-order valence-electron chi connectivity index (χ0n) is 23.4. The Morgan fingerprint density at radius 2 is 1.37 bits per heavy atom. The van der Waals surface area contributed by atoms with Crippen molar-refractivity contribution in [2.45, 2.75) is 122 Å². The summed E-state index contributed by atoms with van der Waals surface area (Å²) < 4.78 is 35.0. The van der Waals surface area contributed by atoms with Crippen LogP contribution in [0.15, 0.2) is 0 Å². The van der Waals surface area contributed by atoms with Gasteiger partial charge in [-0.25, -0.2) is 4.57 Å². The van der Waals surface area contributed by atoms with Crippen LogP contribution in [0.25, 0.3) is 0 Å². The zero-order valence-corrected chi connectivity index (χ0v) is 24.3. The second kappa shape index (κ2) is 20.0. The van der Waals surface area contributed by atoms with Crippen LogP contribution in [-0.2, 0) is 23.1 Å². The van der Waals surface area contributed by atoms with Gasteiger partial charge in [0.05, 0.1) is 33.9 Å². The van der Waals surface area contributed by atoms with E-state index in [4.69, 9.17) is 18.5 Å². The van der Waals surface area contributed by atoms with Gasteiger partial charge in [0.1, 0.15) is 19.3 Å². The van der Waals surface area contributed by atoms with Gasteiger partial charge in [0.25, 0.3) is 0 Å². The lowest BCUT2D eigenvalue weighted by molar-refractivity contribution is -0.870. The number of nitrogens with zero attached hydrogens (tertiary/aromatic N) is 1. The number of hydrogen-bond donors (Lipinski definition) is 1. The largest absolute Gasteiger partial charge is 0.472 e. The van der Waals surface area contributed by atoms with Crippen molar-refractivity contribution in [1.82, 2.24) is 0 Å². The van der Waals surface area contributed by atoms with Crippen LogP contribution < -0.4 is 0 Å². The maximum Gasteiger partial charge on any atom is 0.472 e. The van der Waals surface area contributed by atoms with E-state index >= 15 is 0 Å². The summed E-state index contributed by atoms with van der Waals surface area (Å²) in [6, 6.07) is 0. The highest BCUT2D eigenvalue weighted by Crippen LogP contribution is 2.43. The molecule has 1 heterocycles. The molecule has 0 amide bonds. The second-order valence-corrected chi connectivity index (χ2v) is 12.6. The average Bonchev–Trinajstić information content (AvgIpc) is 2.80. The van der Waals surface area contributed by atoms with Gasteiger partial charge in [-0.05, 0) is 19.3 Å². The molecule has 0 bridgehead atoms. The van der Waals surface area contributed by atoms with Crippen molar-refractivity contribution in [2.24, 2.45) is 0 Å². The third-order valence-electron chi connectivity index (χ3n) is 6.63. The van der Waals surface area contributed by atoms with Crippen LogP contribution in [0.2, 0.25) is 0 Å². The van der Waals surface area contributed by atoms with Crippen molar-refractivity contribution >= 4 is 7.82 Å². The third kappa shape index (κ3) is 19.7. The smallest absolute Gasteiger partial charge is 0.375 e. The van der Waals surface area contributed by atoms with Crippen molar-refractivity contribution < 1.29 is 32.5 Å². The molecule has 35 heavy (non-hydrogen) atoms. The van der Waals surface area contributed by atoms with Crippen LogP contribution in [0.3, 0.4) is 0 Å². The van der Waals surface area contributed by atoms with Gasteiger partial charge in [0, 0.05) is 13.2 Å². The maximum absolute atomic E-state index is 12.2. The number of rotatable bonds is 23. The van der Waals surface area contributed by atoms with E-state index < -0.39 is 7.82 Å². The molecule has 1 aliphatic rings. The topological polar surface area (TPSA) is 74.2 Å². The summed E-state index contributed by atoms with van der Waals surface area (Å²) >= 11 is 0. The van der Waals surface area contributed by atoms with Gasteiger partial charge in [0.15, 0.2) is 0 Å².